The van der Waals surface area contributed by atoms with Gasteiger partial charge in [-0.2, -0.15) is 0 Å². The van der Waals surface area contributed by atoms with Crippen molar-refractivity contribution in [2.45, 2.75) is 19.0 Å². The van der Waals surface area contributed by atoms with Crippen molar-refractivity contribution in [1.82, 2.24) is 15.5 Å². The second kappa shape index (κ2) is 10.7. The maximum Gasteiger partial charge on any atom is 0.241 e. The third-order valence-electron chi connectivity index (χ3n) is 4.06. The fourth-order valence-corrected chi connectivity index (χ4v) is 4.15. The Hall–Kier alpha value is -1.56. The lowest BCUT2D eigenvalue weighted by molar-refractivity contribution is -0.127. The lowest BCUT2D eigenvalue weighted by Crippen LogP contribution is -2.47. The molecule has 1 fully saturated rings. The van der Waals surface area contributed by atoms with E-state index in [0.717, 1.165) is 11.3 Å². The zero-order valence-corrected chi connectivity index (χ0v) is 18.9. The molecule has 0 saturated carbocycles. The lowest BCUT2D eigenvalue weighted by Gasteiger charge is -2.18. The van der Waals surface area contributed by atoms with Crippen molar-refractivity contribution in [3.8, 4) is 5.75 Å². The van der Waals surface area contributed by atoms with E-state index in [1.54, 1.807) is 21.2 Å². The Labute approximate surface area is 177 Å². The number of hydrogen-bond acceptors (Lipinski definition) is 5. The van der Waals surface area contributed by atoms with Crippen LogP contribution in [-0.4, -0.2) is 70.5 Å². The van der Waals surface area contributed by atoms with Gasteiger partial charge in [-0.25, -0.2) is 13.4 Å². The third kappa shape index (κ3) is 7.91. The maximum atomic E-state index is 11.8. The molecule has 0 aromatic heterocycles. The van der Waals surface area contributed by atoms with Crippen LogP contribution in [0.4, 0.5) is 0 Å². The van der Waals surface area contributed by atoms with Gasteiger partial charge in [-0.1, -0.05) is 12.1 Å². The first-order chi connectivity index (χ1) is 12.3. The van der Waals surface area contributed by atoms with Crippen LogP contribution >= 0.6 is 24.0 Å². The quantitative estimate of drug-likeness (QED) is 0.331. The van der Waals surface area contributed by atoms with Crippen molar-refractivity contribution in [2.75, 3.05) is 39.3 Å². The van der Waals surface area contributed by atoms with E-state index in [-0.39, 0.29) is 54.0 Å². The van der Waals surface area contributed by atoms with E-state index in [0.29, 0.717) is 18.9 Å². The summed E-state index contributed by atoms with van der Waals surface area (Å²) in [6, 6.07) is 7.32. The summed E-state index contributed by atoms with van der Waals surface area (Å²) >= 11 is 0. The summed E-state index contributed by atoms with van der Waals surface area (Å²) in [5.41, 5.74) is 0.977. The molecular weight excluding hydrogens is 483 g/mol. The standard InChI is InChI=1S/C17H26N4O4S.HI/c1-21(2)16(22)11-19-17(20-14-8-9-26(23,24)12-14)18-10-13-4-6-15(25-3)7-5-13;/h4-7,14H,8-12H2,1-3H3,(H2,18,19,20);1H. The number of benzene rings is 1. The highest BCUT2D eigenvalue weighted by atomic mass is 127. The van der Waals surface area contributed by atoms with Crippen molar-refractivity contribution >= 4 is 45.7 Å². The van der Waals surface area contributed by atoms with Crippen molar-refractivity contribution in [3.63, 3.8) is 0 Å². The van der Waals surface area contributed by atoms with Gasteiger partial charge in [0, 0.05) is 20.1 Å². The molecule has 27 heavy (non-hydrogen) atoms. The zero-order valence-electron chi connectivity index (χ0n) is 15.8. The smallest absolute Gasteiger partial charge is 0.241 e. The number of amides is 1. The molecule has 2 rings (SSSR count). The molecule has 1 saturated heterocycles. The number of nitrogens with one attached hydrogen (secondary N) is 2. The number of carbonyl (C=O) groups excluding carboxylic acids is 1. The summed E-state index contributed by atoms with van der Waals surface area (Å²) in [6.07, 6.45) is 0.535. The number of nitrogens with zero attached hydrogens (tertiary/aromatic N) is 2. The summed E-state index contributed by atoms with van der Waals surface area (Å²) < 4.78 is 28.4. The molecule has 1 heterocycles. The fourth-order valence-electron chi connectivity index (χ4n) is 2.47. The van der Waals surface area contributed by atoms with Gasteiger partial charge in [0.05, 0.1) is 31.7 Å². The van der Waals surface area contributed by atoms with E-state index < -0.39 is 9.84 Å². The van der Waals surface area contributed by atoms with Gasteiger partial charge >= 0.3 is 0 Å². The van der Waals surface area contributed by atoms with Crippen molar-refractivity contribution < 1.29 is 17.9 Å². The maximum absolute atomic E-state index is 11.8. The summed E-state index contributed by atoms with van der Waals surface area (Å²) in [5, 5.41) is 6.10. The molecule has 0 aliphatic carbocycles. The van der Waals surface area contributed by atoms with Crippen LogP contribution < -0.4 is 15.4 Å². The average Bonchev–Trinajstić information content (AvgIpc) is 2.95. The molecule has 10 heteroatoms. The van der Waals surface area contributed by atoms with Crippen LogP contribution in [-0.2, 0) is 21.2 Å². The van der Waals surface area contributed by atoms with Crippen LogP contribution in [0.1, 0.15) is 12.0 Å². The van der Waals surface area contributed by atoms with Crippen LogP contribution in [0.15, 0.2) is 29.3 Å². The fraction of sp³-hybridized carbons (Fsp3) is 0.529. The molecule has 1 aliphatic rings. The average molecular weight is 510 g/mol. The summed E-state index contributed by atoms with van der Waals surface area (Å²) in [6.45, 7) is 0.482. The van der Waals surface area contributed by atoms with Crippen LogP contribution in [0, 0.1) is 0 Å². The van der Waals surface area contributed by atoms with Crippen molar-refractivity contribution in [3.05, 3.63) is 29.8 Å². The number of halogens is 1. The van der Waals surface area contributed by atoms with Gasteiger partial charge < -0.3 is 20.3 Å². The Bertz CT molecular complexity index is 751. The largest absolute Gasteiger partial charge is 0.497 e. The van der Waals surface area contributed by atoms with Gasteiger partial charge in [0.2, 0.25) is 5.91 Å². The highest BCUT2D eigenvalue weighted by molar-refractivity contribution is 14.0. The number of likely N-dealkylation sites (N-methyl/N-ethyl adjacent to an activating group) is 1. The molecule has 0 spiro atoms. The summed E-state index contributed by atoms with van der Waals surface area (Å²) in [4.78, 5) is 17.8. The molecule has 2 N–H and O–H groups in total. The van der Waals surface area contributed by atoms with E-state index in [4.69, 9.17) is 4.74 Å². The normalized spacial score (nSPS) is 18.3. The topological polar surface area (TPSA) is 100 Å². The van der Waals surface area contributed by atoms with Crippen LogP contribution in [0.2, 0.25) is 0 Å². The molecule has 1 atom stereocenters. The van der Waals surface area contributed by atoms with Gasteiger partial charge in [0.25, 0.3) is 0 Å². The molecule has 1 aromatic carbocycles. The molecule has 0 radical (unpaired) electrons. The van der Waals surface area contributed by atoms with Gasteiger partial charge in [-0.15, -0.1) is 24.0 Å². The van der Waals surface area contributed by atoms with Crippen molar-refractivity contribution in [1.29, 1.82) is 0 Å². The number of guanidine groups is 1. The van der Waals surface area contributed by atoms with Gasteiger partial charge in [0.15, 0.2) is 15.8 Å². The second-order valence-electron chi connectivity index (χ2n) is 6.40. The highest BCUT2D eigenvalue weighted by Gasteiger charge is 2.28. The van der Waals surface area contributed by atoms with Crippen LogP contribution in [0.25, 0.3) is 0 Å². The van der Waals surface area contributed by atoms with E-state index >= 15 is 0 Å². The number of hydrogen-bond donors (Lipinski definition) is 2. The van der Waals surface area contributed by atoms with E-state index in [1.165, 1.54) is 4.90 Å². The van der Waals surface area contributed by atoms with Gasteiger partial charge in [-0.3, -0.25) is 4.79 Å². The van der Waals surface area contributed by atoms with E-state index in [9.17, 15) is 13.2 Å². The third-order valence-corrected chi connectivity index (χ3v) is 5.83. The molecular formula is C17H27IN4O4S. The lowest BCUT2D eigenvalue weighted by atomic mass is 10.2. The predicted molar refractivity (Wildman–Crippen MR) is 116 cm³/mol. The Morgan fingerprint density at radius 1 is 1.30 bits per heavy atom. The molecule has 152 valence electrons. The van der Waals surface area contributed by atoms with Gasteiger partial charge in [-0.05, 0) is 24.1 Å². The molecule has 1 amide bonds. The Balaban J connectivity index is 0.00000364. The number of methoxy groups -OCH3 is 1. The van der Waals surface area contributed by atoms with Crippen LogP contribution in [0.3, 0.4) is 0 Å². The SMILES string of the molecule is COc1ccc(CN=C(NCC(=O)N(C)C)NC2CCS(=O)(=O)C2)cc1.I. The van der Waals surface area contributed by atoms with Crippen molar-refractivity contribution in [2.24, 2.45) is 4.99 Å². The molecule has 0 bridgehead atoms. The number of carbonyl (C=O) groups is 1. The van der Waals surface area contributed by atoms with E-state index in [1.807, 2.05) is 24.3 Å². The molecule has 1 aromatic rings. The first-order valence-corrected chi connectivity index (χ1v) is 10.2. The number of ether oxygens (including phenoxy) is 1. The Kier molecular flexibility index (Phi) is 9.30. The second-order valence-corrected chi connectivity index (χ2v) is 8.63. The van der Waals surface area contributed by atoms with Crippen LogP contribution in [0.5, 0.6) is 5.75 Å². The number of aliphatic imine (C=N–C) groups is 1. The molecule has 1 aliphatic heterocycles. The highest BCUT2D eigenvalue weighted by Crippen LogP contribution is 2.13. The first kappa shape index (κ1) is 23.5. The number of rotatable bonds is 6. The minimum absolute atomic E-state index is 0. The number of sulfone groups is 1. The molecule has 8 nitrogen and oxygen atoms in total. The zero-order chi connectivity index (χ0) is 19.2. The molecule has 1 unspecified atom stereocenters. The Morgan fingerprint density at radius 3 is 2.48 bits per heavy atom. The minimum Gasteiger partial charge on any atom is -0.497 e. The van der Waals surface area contributed by atoms with E-state index in [2.05, 4.69) is 15.6 Å². The monoisotopic (exact) mass is 510 g/mol. The predicted octanol–water partition coefficient (Wildman–Crippen LogP) is 0.624. The summed E-state index contributed by atoms with van der Waals surface area (Å²) in [7, 11) is 1.96. The Morgan fingerprint density at radius 2 is 1.96 bits per heavy atom. The first-order valence-electron chi connectivity index (χ1n) is 8.37. The van der Waals surface area contributed by atoms with Gasteiger partial charge in [0.1, 0.15) is 5.75 Å². The minimum atomic E-state index is -2.99. The summed E-state index contributed by atoms with van der Waals surface area (Å²) in [5.74, 6) is 1.35.